The second-order valence-electron chi connectivity index (χ2n) is 10.2. The Morgan fingerprint density at radius 1 is 0.973 bits per heavy atom. The molecule has 1 fully saturated rings. The van der Waals surface area contributed by atoms with Crippen LogP contribution in [0.4, 0.5) is 5.69 Å². The third-order valence-electron chi connectivity index (χ3n) is 8.00. The van der Waals surface area contributed by atoms with Crippen molar-refractivity contribution in [2.75, 3.05) is 11.4 Å². The zero-order chi connectivity index (χ0) is 24.9. The van der Waals surface area contributed by atoms with Gasteiger partial charge in [-0.25, -0.2) is 9.97 Å². The normalized spacial score (nSPS) is 17.1. The van der Waals surface area contributed by atoms with Crippen LogP contribution in [0, 0.1) is 6.92 Å². The topological polar surface area (TPSA) is 61.9 Å². The highest BCUT2D eigenvalue weighted by Crippen LogP contribution is 2.43. The fraction of sp³-hybridized carbons (Fsp3) is 0.219. The molecule has 0 bridgehead atoms. The molecule has 2 aliphatic rings. The number of nitrogens with one attached hydrogen (secondary N) is 1. The maximum atomic E-state index is 12.4. The number of nitrogens with zero attached hydrogens (tertiary/aromatic N) is 3. The molecule has 182 valence electrons. The van der Waals surface area contributed by atoms with E-state index in [1.54, 1.807) is 6.33 Å². The largest absolute Gasteiger partial charge is 0.357 e. The molecule has 1 aliphatic heterocycles. The number of carbonyl (C=O) groups excluding carboxylic acids is 1. The number of aldehydes is 1. The number of aromatic nitrogens is 3. The van der Waals surface area contributed by atoms with Crippen molar-refractivity contribution in [3.63, 3.8) is 0 Å². The average Bonchev–Trinajstić information content (AvgIpc) is 3.70. The molecule has 0 amide bonds. The maximum Gasteiger partial charge on any atom is 0.146 e. The molecule has 1 saturated carbocycles. The molecule has 0 saturated heterocycles. The number of rotatable bonds is 5. The summed E-state index contributed by atoms with van der Waals surface area (Å²) in [4.78, 5) is 27.4. The number of fused-ring (bicyclic) bond motifs is 2. The highest BCUT2D eigenvalue weighted by Gasteiger charge is 2.31. The van der Waals surface area contributed by atoms with Crippen LogP contribution in [-0.4, -0.2) is 27.8 Å². The number of H-pyrrole nitrogens is 1. The molecular weight excluding hydrogens is 456 g/mol. The van der Waals surface area contributed by atoms with Crippen molar-refractivity contribution < 1.29 is 4.79 Å². The van der Waals surface area contributed by atoms with Gasteiger partial charge in [-0.1, -0.05) is 60.7 Å². The highest BCUT2D eigenvalue weighted by atomic mass is 16.1. The summed E-state index contributed by atoms with van der Waals surface area (Å²) < 4.78 is 0. The molecular formula is C32H28N4O. The Kier molecular flexibility index (Phi) is 5.17. The van der Waals surface area contributed by atoms with E-state index in [1.807, 2.05) is 18.2 Å². The fourth-order valence-corrected chi connectivity index (χ4v) is 5.89. The fourth-order valence-electron chi connectivity index (χ4n) is 5.89. The van der Waals surface area contributed by atoms with E-state index in [9.17, 15) is 4.79 Å². The first-order valence-corrected chi connectivity index (χ1v) is 13.0. The van der Waals surface area contributed by atoms with Gasteiger partial charge in [0.1, 0.15) is 24.3 Å². The Balaban J connectivity index is 1.29. The zero-order valence-electron chi connectivity index (χ0n) is 20.8. The van der Waals surface area contributed by atoms with Gasteiger partial charge in [0, 0.05) is 28.9 Å². The molecule has 5 aromatic rings. The summed E-state index contributed by atoms with van der Waals surface area (Å²) in [6, 6.07) is 25.2. The summed E-state index contributed by atoms with van der Waals surface area (Å²) in [5, 5.41) is 0.991. The Morgan fingerprint density at radius 2 is 1.84 bits per heavy atom. The number of hydrogen-bond donors (Lipinski definition) is 1. The van der Waals surface area contributed by atoms with E-state index >= 15 is 0 Å². The minimum absolute atomic E-state index is 0.284. The van der Waals surface area contributed by atoms with E-state index in [4.69, 9.17) is 4.98 Å². The van der Waals surface area contributed by atoms with Gasteiger partial charge in [0.05, 0.1) is 5.69 Å². The van der Waals surface area contributed by atoms with Crippen LogP contribution in [0.2, 0.25) is 0 Å². The van der Waals surface area contributed by atoms with Crippen LogP contribution in [-0.2, 0) is 11.2 Å². The zero-order valence-corrected chi connectivity index (χ0v) is 20.8. The minimum Gasteiger partial charge on any atom is -0.357 e. The van der Waals surface area contributed by atoms with Gasteiger partial charge in [0.15, 0.2) is 0 Å². The molecule has 2 aromatic heterocycles. The molecule has 3 aromatic carbocycles. The minimum atomic E-state index is -0.284. The molecule has 5 heteroatoms. The van der Waals surface area contributed by atoms with E-state index in [-0.39, 0.29) is 6.04 Å². The Morgan fingerprint density at radius 3 is 2.65 bits per heavy atom. The van der Waals surface area contributed by atoms with E-state index in [0.29, 0.717) is 0 Å². The van der Waals surface area contributed by atoms with Gasteiger partial charge in [0.2, 0.25) is 0 Å². The van der Waals surface area contributed by atoms with Gasteiger partial charge in [0.25, 0.3) is 0 Å². The quantitative estimate of drug-likeness (QED) is 0.279. The average molecular weight is 485 g/mol. The molecule has 1 aliphatic carbocycles. The predicted octanol–water partition coefficient (Wildman–Crippen LogP) is 6.78. The van der Waals surface area contributed by atoms with Crippen molar-refractivity contribution in [1.82, 2.24) is 15.0 Å². The lowest BCUT2D eigenvalue weighted by Gasteiger charge is -2.37. The summed E-state index contributed by atoms with van der Waals surface area (Å²) >= 11 is 0. The van der Waals surface area contributed by atoms with Crippen molar-refractivity contribution >= 4 is 23.0 Å². The second-order valence-corrected chi connectivity index (χ2v) is 10.2. The van der Waals surface area contributed by atoms with Crippen LogP contribution >= 0.6 is 0 Å². The SMILES string of the molecule is Cc1c(-c2ncnc3[nH]c(-c4ccccc4)cc23)cccc1N1CCc2cc(C3CC3)ccc2C1C=O. The van der Waals surface area contributed by atoms with Crippen LogP contribution in [0.25, 0.3) is 33.5 Å². The van der Waals surface area contributed by atoms with Crippen LogP contribution < -0.4 is 4.90 Å². The van der Waals surface area contributed by atoms with Crippen molar-refractivity contribution in [2.45, 2.75) is 38.1 Å². The number of carbonyl (C=O) groups is 1. The van der Waals surface area contributed by atoms with Crippen LogP contribution in [0.5, 0.6) is 0 Å². The smallest absolute Gasteiger partial charge is 0.146 e. The Labute approximate surface area is 216 Å². The van der Waals surface area contributed by atoms with E-state index in [2.05, 4.69) is 76.4 Å². The maximum absolute atomic E-state index is 12.4. The van der Waals surface area contributed by atoms with Gasteiger partial charge in [-0.2, -0.15) is 0 Å². The van der Waals surface area contributed by atoms with Crippen LogP contribution in [0.15, 0.2) is 79.1 Å². The lowest BCUT2D eigenvalue weighted by atomic mass is 9.89. The first kappa shape index (κ1) is 22.0. The van der Waals surface area contributed by atoms with E-state index < -0.39 is 0 Å². The van der Waals surface area contributed by atoms with Gasteiger partial charge in [-0.05, 0) is 72.1 Å². The second kappa shape index (κ2) is 8.70. The van der Waals surface area contributed by atoms with Crippen molar-refractivity contribution in [3.8, 4) is 22.5 Å². The number of hydrogen-bond acceptors (Lipinski definition) is 4. The van der Waals surface area contributed by atoms with Crippen LogP contribution in [0.3, 0.4) is 0 Å². The van der Waals surface area contributed by atoms with E-state index in [0.717, 1.165) is 75.5 Å². The van der Waals surface area contributed by atoms with Crippen molar-refractivity contribution in [1.29, 1.82) is 0 Å². The van der Waals surface area contributed by atoms with Gasteiger partial charge in [-0.15, -0.1) is 0 Å². The Hall–Kier alpha value is -4.25. The molecule has 0 radical (unpaired) electrons. The number of aromatic amines is 1. The third-order valence-corrected chi connectivity index (χ3v) is 8.00. The molecule has 0 spiro atoms. The molecule has 3 heterocycles. The molecule has 1 N–H and O–H groups in total. The summed E-state index contributed by atoms with van der Waals surface area (Å²) in [7, 11) is 0. The molecule has 1 unspecified atom stereocenters. The van der Waals surface area contributed by atoms with E-state index in [1.165, 1.54) is 24.0 Å². The van der Waals surface area contributed by atoms with Gasteiger partial charge >= 0.3 is 0 Å². The van der Waals surface area contributed by atoms with Crippen molar-refractivity contribution in [2.24, 2.45) is 0 Å². The summed E-state index contributed by atoms with van der Waals surface area (Å²) in [6.45, 7) is 2.95. The van der Waals surface area contributed by atoms with Gasteiger partial charge < -0.3 is 14.7 Å². The standard InChI is InChI=1S/C32H28N4O/c1-20-25(31-27-17-28(22-6-3-2-4-7-22)35-32(27)34-19-33-31)8-5-9-29(20)36-15-14-24-16-23(21-10-11-21)12-13-26(24)30(36)18-37/h2-9,12-13,16-19,21,30H,10-11,14-15H2,1H3,(H,33,34,35). The summed E-state index contributed by atoms with van der Waals surface area (Å²) in [5.41, 5.74) is 11.0. The molecule has 7 rings (SSSR count). The summed E-state index contributed by atoms with van der Waals surface area (Å²) in [5.74, 6) is 0.720. The summed E-state index contributed by atoms with van der Waals surface area (Å²) in [6.07, 6.45) is 6.25. The Bertz CT molecular complexity index is 1630. The molecule has 5 nitrogen and oxygen atoms in total. The lowest BCUT2D eigenvalue weighted by molar-refractivity contribution is -0.109. The first-order valence-electron chi connectivity index (χ1n) is 13.0. The van der Waals surface area contributed by atoms with Crippen LogP contribution in [0.1, 0.15) is 47.1 Å². The third kappa shape index (κ3) is 3.73. The molecule has 1 atom stereocenters. The number of benzene rings is 3. The molecule has 37 heavy (non-hydrogen) atoms. The first-order chi connectivity index (χ1) is 18.2. The number of anilines is 1. The van der Waals surface area contributed by atoms with Gasteiger partial charge in [-0.3, -0.25) is 0 Å². The lowest BCUT2D eigenvalue weighted by Crippen LogP contribution is -2.37. The monoisotopic (exact) mass is 484 g/mol. The highest BCUT2D eigenvalue weighted by molar-refractivity contribution is 5.95. The predicted molar refractivity (Wildman–Crippen MR) is 148 cm³/mol. The van der Waals surface area contributed by atoms with Crippen molar-refractivity contribution in [3.05, 3.63) is 101 Å².